The fourth-order valence-corrected chi connectivity index (χ4v) is 4.24. The van der Waals surface area contributed by atoms with Gasteiger partial charge in [-0.15, -0.1) is 0 Å². The highest BCUT2D eigenvalue weighted by Crippen LogP contribution is 2.29. The molecule has 1 aromatic heterocycles. The number of aromatic nitrogens is 1. The zero-order valence-electron chi connectivity index (χ0n) is 14.3. The minimum Gasteiger partial charge on any atom is -0.358 e. The molecule has 134 valence electrons. The van der Waals surface area contributed by atoms with Crippen molar-refractivity contribution in [3.05, 3.63) is 69.6 Å². The molecular formula is C21H20BrFN2O. The van der Waals surface area contributed by atoms with Gasteiger partial charge >= 0.3 is 0 Å². The fraction of sp³-hybridized carbons (Fsp3) is 0.286. The van der Waals surface area contributed by atoms with Crippen molar-refractivity contribution in [2.24, 2.45) is 0 Å². The Morgan fingerprint density at radius 2 is 2.12 bits per heavy atom. The van der Waals surface area contributed by atoms with Crippen LogP contribution in [0.25, 0.3) is 10.9 Å². The lowest BCUT2D eigenvalue weighted by molar-refractivity contribution is -0.121. The molecular weight excluding hydrogens is 395 g/mol. The van der Waals surface area contributed by atoms with Gasteiger partial charge in [0.25, 0.3) is 0 Å². The third kappa shape index (κ3) is 3.54. The molecule has 1 heterocycles. The van der Waals surface area contributed by atoms with E-state index < -0.39 is 0 Å². The van der Waals surface area contributed by atoms with Crippen LogP contribution in [0.3, 0.4) is 0 Å². The summed E-state index contributed by atoms with van der Waals surface area (Å²) in [4.78, 5) is 15.8. The number of H-pyrrole nitrogens is 1. The lowest BCUT2D eigenvalue weighted by Crippen LogP contribution is -2.38. The first-order chi connectivity index (χ1) is 12.6. The molecule has 1 amide bonds. The summed E-state index contributed by atoms with van der Waals surface area (Å²) in [6.45, 7) is 0. The monoisotopic (exact) mass is 414 g/mol. The summed E-state index contributed by atoms with van der Waals surface area (Å²) < 4.78 is 14.6. The largest absolute Gasteiger partial charge is 0.358 e. The Bertz CT molecular complexity index is 966. The average Bonchev–Trinajstić information content (AvgIpc) is 2.98. The molecule has 1 atom stereocenters. The van der Waals surface area contributed by atoms with Gasteiger partial charge in [0.1, 0.15) is 5.82 Å². The first-order valence-corrected chi connectivity index (χ1v) is 9.71. The summed E-state index contributed by atoms with van der Waals surface area (Å²) in [5, 5.41) is 4.09. The molecule has 0 saturated heterocycles. The SMILES string of the molecule is O=C(CCc1ccccc1Br)NC1CCc2[nH]c3ccc(F)cc3c2C1. The van der Waals surface area contributed by atoms with E-state index in [0.29, 0.717) is 12.8 Å². The molecule has 0 bridgehead atoms. The van der Waals surface area contributed by atoms with Gasteiger partial charge in [0.15, 0.2) is 0 Å². The van der Waals surface area contributed by atoms with Crippen LogP contribution in [0.5, 0.6) is 0 Å². The van der Waals surface area contributed by atoms with E-state index in [2.05, 4.69) is 26.2 Å². The number of nitrogens with one attached hydrogen (secondary N) is 2. The zero-order valence-corrected chi connectivity index (χ0v) is 15.9. The minimum absolute atomic E-state index is 0.0697. The van der Waals surface area contributed by atoms with Gasteiger partial charge in [-0.05, 0) is 61.1 Å². The van der Waals surface area contributed by atoms with E-state index in [1.807, 2.05) is 24.3 Å². The van der Waals surface area contributed by atoms with E-state index in [9.17, 15) is 9.18 Å². The molecule has 3 aromatic rings. The van der Waals surface area contributed by atoms with E-state index in [0.717, 1.165) is 45.8 Å². The smallest absolute Gasteiger partial charge is 0.220 e. The summed E-state index contributed by atoms with van der Waals surface area (Å²) in [6.07, 6.45) is 3.71. The van der Waals surface area contributed by atoms with Crippen molar-refractivity contribution in [3.63, 3.8) is 0 Å². The average molecular weight is 415 g/mol. The van der Waals surface area contributed by atoms with Crippen LogP contribution in [0.15, 0.2) is 46.9 Å². The van der Waals surface area contributed by atoms with Crippen LogP contribution in [-0.4, -0.2) is 16.9 Å². The Kier molecular flexibility index (Phi) is 4.81. The summed E-state index contributed by atoms with van der Waals surface area (Å²) in [7, 11) is 0. The second-order valence-corrected chi connectivity index (χ2v) is 7.72. The van der Waals surface area contributed by atoms with Gasteiger partial charge in [0.2, 0.25) is 5.91 Å². The van der Waals surface area contributed by atoms with Crippen molar-refractivity contribution in [1.29, 1.82) is 0 Å². The molecule has 5 heteroatoms. The van der Waals surface area contributed by atoms with Gasteiger partial charge in [-0.25, -0.2) is 4.39 Å². The molecule has 2 aromatic carbocycles. The molecule has 0 saturated carbocycles. The van der Waals surface area contributed by atoms with Gasteiger partial charge < -0.3 is 10.3 Å². The second-order valence-electron chi connectivity index (χ2n) is 6.87. The van der Waals surface area contributed by atoms with E-state index in [1.165, 1.54) is 11.8 Å². The molecule has 0 spiro atoms. The lowest BCUT2D eigenvalue weighted by Gasteiger charge is -2.23. The number of benzene rings is 2. The van der Waals surface area contributed by atoms with E-state index in [1.54, 1.807) is 12.1 Å². The third-order valence-corrected chi connectivity index (χ3v) is 5.87. The van der Waals surface area contributed by atoms with Gasteiger partial charge in [-0.2, -0.15) is 0 Å². The van der Waals surface area contributed by atoms with Gasteiger partial charge in [-0.1, -0.05) is 34.1 Å². The first kappa shape index (κ1) is 17.3. The van der Waals surface area contributed by atoms with E-state index in [-0.39, 0.29) is 17.8 Å². The Morgan fingerprint density at radius 1 is 1.27 bits per heavy atom. The molecule has 26 heavy (non-hydrogen) atoms. The Labute approximate surface area is 160 Å². The number of fused-ring (bicyclic) bond motifs is 3. The molecule has 2 N–H and O–H groups in total. The van der Waals surface area contributed by atoms with E-state index in [4.69, 9.17) is 0 Å². The van der Waals surface area contributed by atoms with Crippen LogP contribution >= 0.6 is 15.9 Å². The van der Waals surface area contributed by atoms with Crippen LogP contribution in [0, 0.1) is 5.82 Å². The number of amides is 1. The Morgan fingerprint density at radius 3 is 2.96 bits per heavy atom. The van der Waals surface area contributed by atoms with Crippen LogP contribution in [-0.2, 0) is 24.1 Å². The number of hydrogen-bond donors (Lipinski definition) is 2. The predicted octanol–water partition coefficient (Wildman–Crippen LogP) is 4.68. The molecule has 3 nitrogen and oxygen atoms in total. The summed E-state index contributed by atoms with van der Waals surface area (Å²) in [5.74, 6) is -0.154. The second kappa shape index (κ2) is 7.23. The van der Waals surface area contributed by atoms with E-state index >= 15 is 0 Å². The summed E-state index contributed by atoms with van der Waals surface area (Å²) >= 11 is 3.52. The molecule has 1 aliphatic carbocycles. The van der Waals surface area contributed by atoms with Gasteiger partial charge in [0, 0.05) is 33.5 Å². The van der Waals surface area contributed by atoms with Crippen LogP contribution in [0.1, 0.15) is 29.7 Å². The van der Waals surface area contributed by atoms with Crippen molar-refractivity contribution in [1.82, 2.24) is 10.3 Å². The number of hydrogen-bond acceptors (Lipinski definition) is 1. The first-order valence-electron chi connectivity index (χ1n) is 8.92. The predicted molar refractivity (Wildman–Crippen MR) is 105 cm³/mol. The molecule has 1 unspecified atom stereocenters. The zero-order chi connectivity index (χ0) is 18.1. The highest BCUT2D eigenvalue weighted by atomic mass is 79.9. The molecule has 0 radical (unpaired) electrons. The Hall–Kier alpha value is -2.14. The fourth-order valence-electron chi connectivity index (χ4n) is 3.76. The third-order valence-electron chi connectivity index (χ3n) is 5.09. The maximum atomic E-state index is 13.6. The van der Waals surface area contributed by atoms with Crippen LogP contribution in [0.4, 0.5) is 4.39 Å². The van der Waals surface area contributed by atoms with Crippen molar-refractivity contribution in [2.75, 3.05) is 0 Å². The van der Waals surface area contributed by atoms with Crippen molar-refractivity contribution < 1.29 is 9.18 Å². The normalized spacial score (nSPS) is 16.5. The number of carbonyl (C=O) groups is 1. The maximum absolute atomic E-state index is 13.6. The Balaban J connectivity index is 1.41. The number of aryl methyl sites for hydroxylation is 2. The minimum atomic E-state index is -0.223. The van der Waals surface area contributed by atoms with Crippen molar-refractivity contribution >= 4 is 32.7 Å². The van der Waals surface area contributed by atoms with Gasteiger partial charge in [-0.3, -0.25) is 4.79 Å². The maximum Gasteiger partial charge on any atom is 0.220 e. The number of halogens is 2. The number of carbonyl (C=O) groups excluding carboxylic acids is 1. The summed E-state index contributed by atoms with van der Waals surface area (Å²) in [6, 6.07) is 12.9. The summed E-state index contributed by atoms with van der Waals surface area (Å²) in [5.41, 5.74) is 4.42. The molecule has 4 rings (SSSR count). The standard InChI is InChI=1S/C21H20BrFN2O/c22-18-4-2-1-3-13(18)5-10-21(26)24-15-7-9-20-17(12-15)16-11-14(23)6-8-19(16)25-20/h1-4,6,8,11,15,25H,5,7,9-10,12H2,(H,24,26). The topological polar surface area (TPSA) is 44.9 Å². The van der Waals surface area contributed by atoms with Crippen LogP contribution in [0.2, 0.25) is 0 Å². The highest BCUT2D eigenvalue weighted by Gasteiger charge is 2.23. The van der Waals surface area contributed by atoms with Crippen molar-refractivity contribution in [3.8, 4) is 0 Å². The highest BCUT2D eigenvalue weighted by molar-refractivity contribution is 9.10. The lowest BCUT2D eigenvalue weighted by atomic mass is 9.91. The van der Waals surface area contributed by atoms with Gasteiger partial charge in [0.05, 0.1) is 0 Å². The quantitative estimate of drug-likeness (QED) is 0.639. The number of aromatic amines is 1. The molecule has 0 fully saturated rings. The number of rotatable bonds is 4. The van der Waals surface area contributed by atoms with Crippen molar-refractivity contribution in [2.45, 2.75) is 38.1 Å². The van der Waals surface area contributed by atoms with Crippen LogP contribution < -0.4 is 5.32 Å². The molecule has 0 aliphatic heterocycles. The molecule has 1 aliphatic rings.